The summed E-state index contributed by atoms with van der Waals surface area (Å²) in [5.74, 6) is 1.38. The van der Waals surface area contributed by atoms with E-state index in [4.69, 9.17) is 24.5 Å². The second-order valence-corrected chi connectivity index (χ2v) is 12.2. The number of amides is 1. The molecule has 0 radical (unpaired) electrons. The van der Waals surface area contributed by atoms with Crippen molar-refractivity contribution in [3.63, 3.8) is 0 Å². The Bertz CT molecular complexity index is 1620. The van der Waals surface area contributed by atoms with Crippen molar-refractivity contribution in [3.05, 3.63) is 119 Å². The predicted octanol–water partition coefficient (Wildman–Crippen LogP) is 7.61. The molecule has 0 unspecified atom stereocenters. The van der Waals surface area contributed by atoms with Crippen molar-refractivity contribution in [2.75, 3.05) is 18.9 Å². The summed E-state index contributed by atoms with van der Waals surface area (Å²) in [6.45, 7) is 8.46. The average molecular weight is 589 g/mol. The molecule has 8 heteroatoms. The van der Waals surface area contributed by atoms with E-state index in [2.05, 4.69) is 29.6 Å². The lowest BCUT2D eigenvalue weighted by atomic mass is 9.77. The van der Waals surface area contributed by atoms with Crippen LogP contribution in [0.25, 0.3) is 17.2 Å². The third-order valence-corrected chi connectivity index (χ3v) is 8.68. The maximum absolute atomic E-state index is 13.0. The smallest absolute Gasteiger partial charge is 0.457 e. The molecule has 1 aliphatic heterocycles. The Hall–Kier alpha value is -4.53. The molecule has 1 fully saturated rings. The van der Waals surface area contributed by atoms with Crippen molar-refractivity contribution in [2.45, 2.75) is 44.8 Å². The quantitative estimate of drug-likeness (QED) is 0.163. The molecular weight excluding hydrogens is 551 g/mol. The van der Waals surface area contributed by atoms with E-state index >= 15 is 0 Å². The maximum Gasteiger partial charge on any atom is 0.492 e. The second-order valence-electron chi connectivity index (χ2n) is 12.2. The minimum Gasteiger partial charge on any atom is -0.457 e. The van der Waals surface area contributed by atoms with Gasteiger partial charge in [0.2, 0.25) is 0 Å². The summed E-state index contributed by atoms with van der Waals surface area (Å²) in [6, 6.07) is 31.5. The highest BCUT2D eigenvalue weighted by Gasteiger charge is 2.52. The molecule has 7 nitrogen and oxygen atoms in total. The Balaban J connectivity index is 1.15. The molecule has 3 N–H and O–H groups in total. The first-order valence-corrected chi connectivity index (χ1v) is 14.9. The van der Waals surface area contributed by atoms with Crippen LogP contribution in [0.5, 0.6) is 11.5 Å². The summed E-state index contributed by atoms with van der Waals surface area (Å²) in [5, 5.41) is 2.93. The fourth-order valence-corrected chi connectivity index (χ4v) is 5.54. The molecule has 1 heterocycles. The third kappa shape index (κ3) is 6.09. The summed E-state index contributed by atoms with van der Waals surface area (Å²) in [4.78, 5) is 13.0. The molecule has 4 aromatic carbocycles. The van der Waals surface area contributed by atoms with E-state index in [1.54, 1.807) is 12.1 Å². The van der Waals surface area contributed by atoms with Crippen LogP contribution in [0.1, 0.15) is 50.3 Å². The molecule has 224 valence electrons. The molecule has 2 aliphatic rings. The number of nitrogens with one attached hydrogen (secondary N) is 1. The number of fused-ring (bicyclic) bond motifs is 3. The lowest BCUT2D eigenvalue weighted by Crippen LogP contribution is -2.41. The Labute approximate surface area is 259 Å². The van der Waals surface area contributed by atoms with Crippen LogP contribution in [0.4, 0.5) is 10.5 Å². The van der Waals surface area contributed by atoms with Crippen LogP contribution in [0.3, 0.4) is 0 Å². The number of nitrogen functional groups attached to an aromatic ring is 1. The number of benzene rings is 4. The first-order chi connectivity index (χ1) is 21.1. The van der Waals surface area contributed by atoms with Crippen molar-refractivity contribution < 1.29 is 23.6 Å². The average Bonchev–Trinajstić information content (AvgIpc) is 3.44. The highest BCUT2D eigenvalue weighted by molar-refractivity contribution is 6.56. The van der Waals surface area contributed by atoms with Gasteiger partial charge in [0.15, 0.2) is 0 Å². The summed E-state index contributed by atoms with van der Waals surface area (Å²) >= 11 is 0. The minimum absolute atomic E-state index is 0.0137. The van der Waals surface area contributed by atoms with Crippen LogP contribution in [-0.2, 0) is 14.0 Å². The zero-order valence-corrected chi connectivity index (χ0v) is 25.5. The van der Waals surface area contributed by atoms with E-state index in [1.165, 1.54) is 22.3 Å². The van der Waals surface area contributed by atoms with Crippen molar-refractivity contribution in [1.82, 2.24) is 5.32 Å². The van der Waals surface area contributed by atoms with Crippen LogP contribution >= 0.6 is 0 Å². The Morgan fingerprint density at radius 3 is 1.91 bits per heavy atom. The highest BCUT2D eigenvalue weighted by Crippen LogP contribution is 2.44. The van der Waals surface area contributed by atoms with E-state index in [0.29, 0.717) is 17.2 Å². The van der Waals surface area contributed by atoms with Gasteiger partial charge in [0, 0.05) is 18.2 Å². The van der Waals surface area contributed by atoms with Gasteiger partial charge in [-0.05, 0) is 97.4 Å². The molecule has 44 heavy (non-hydrogen) atoms. The lowest BCUT2D eigenvalue weighted by Gasteiger charge is -2.32. The molecule has 1 saturated heterocycles. The van der Waals surface area contributed by atoms with Gasteiger partial charge < -0.3 is 29.8 Å². The van der Waals surface area contributed by atoms with Crippen molar-refractivity contribution >= 4 is 25.0 Å². The van der Waals surface area contributed by atoms with Crippen molar-refractivity contribution in [2.24, 2.45) is 0 Å². The number of ether oxygens (including phenoxy) is 2. The summed E-state index contributed by atoms with van der Waals surface area (Å²) in [6.07, 6.45) is 1.47. The number of hydrogen-bond acceptors (Lipinski definition) is 6. The van der Waals surface area contributed by atoms with Crippen LogP contribution in [-0.4, -0.2) is 37.6 Å². The van der Waals surface area contributed by atoms with Gasteiger partial charge in [-0.1, -0.05) is 66.7 Å². The first kappa shape index (κ1) is 29.5. The van der Waals surface area contributed by atoms with Crippen molar-refractivity contribution in [1.29, 1.82) is 0 Å². The number of nitrogens with two attached hydrogens (primary N) is 1. The molecule has 0 bridgehead atoms. The fraction of sp³-hybridized carbons (Fsp3) is 0.250. The van der Waals surface area contributed by atoms with Crippen LogP contribution in [0.15, 0.2) is 103 Å². The topological polar surface area (TPSA) is 92.0 Å². The predicted molar refractivity (Wildman–Crippen MR) is 175 cm³/mol. The number of rotatable bonds is 8. The van der Waals surface area contributed by atoms with Gasteiger partial charge in [0.1, 0.15) is 18.1 Å². The maximum atomic E-state index is 13.0. The fourth-order valence-electron chi connectivity index (χ4n) is 5.54. The zero-order valence-electron chi connectivity index (χ0n) is 25.5. The van der Waals surface area contributed by atoms with Gasteiger partial charge in [0.05, 0.1) is 11.2 Å². The second kappa shape index (κ2) is 11.9. The molecule has 0 spiro atoms. The molecule has 4 aromatic rings. The van der Waals surface area contributed by atoms with Crippen LogP contribution in [0.2, 0.25) is 0 Å². The Morgan fingerprint density at radius 2 is 1.34 bits per heavy atom. The summed E-state index contributed by atoms with van der Waals surface area (Å²) in [5.41, 5.74) is 11.8. The van der Waals surface area contributed by atoms with E-state index in [0.717, 1.165) is 11.0 Å². The highest BCUT2D eigenvalue weighted by atomic mass is 16.7. The zero-order chi connectivity index (χ0) is 30.9. The number of carbonyl (C=O) groups is 1. The molecule has 0 atom stereocenters. The number of anilines is 1. The SMILES string of the molecule is CC1(C)OB(C(=Cc2ccc(Oc3ccc(N)cc3)cc2)CNC(=O)OCC2c3ccccc3-c3ccccc32)OC1(C)C. The van der Waals surface area contributed by atoms with Gasteiger partial charge in [-0.2, -0.15) is 0 Å². The van der Waals surface area contributed by atoms with Crippen LogP contribution in [0, 0.1) is 0 Å². The summed E-state index contributed by atoms with van der Waals surface area (Å²) < 4.78 is 24.4. The molecule has 1 aliphatic carbocycles. The number of hydrogen-bond donors (Lipinski definition) is 2. The van der Waals surface area contributed by atoms with Crippen LogP contribution < -0.4 is 15.8 Å². The molecule has 0 saturated carbocycles. The Kier molecular flexibility index (Phi) is 7.97. The molecule has 0 aromatic heterocycles. The molecular formula is C36H37BN2O5. The van der Waals surface area contributed by atoms with Gasteiger partial charge in [-0.25, -0.2) is 4.79 Å². The largest absolute Gasteiger partial charge is 0.492 e. The van der Waals surface area contributed by atoms with Gasteiger partial charge in [-0.3, -0.25) is 0 Å². The van der Waals surface area contributed by atoms with E-state index in [1.807, 2.05) is 94.4 Å². The number of carbonyl (C=O) groups excluding carboxylic acids is 1. The Morgan fingerprint density at radius 1 is 0.818 bits per heavy atom. The number of alkyl carbamates (subject to hydrolysis) is 1. The van der Waals surface area contributed by atoms with Gasteiger partial charge >= 0.3 is 13.2 Å². The normalized spacial score (nSPS) is 16.7. The lowest BCUT2D eigenvalue weighted by molar-refractivity contribution is 0.00578. The van der Waals surface area contributed by atoms with Gasteiger partial charge in [-0.15, -0.1) is 0 Å². The monoisotopic (exact) mass is 588 g/mol. The third-order valence-electron chi connectivity index (χ3n) is 8.68. The first-order valence-electron chi connectivity index (χ1n) is 14.9. The van der Waals surface area contributed by atoms with Crippen molar-refractivity contribution in [3.8, 4) is 22.6 Å². The summed E-state index contributed by atoms with van der Waals surface area (Å²) in [7, 11) is -0.639. The molecule has 1 amide bonds. The van der Waals surface area contributed by atoms with E-state index < -0.39 is 24.4 Å². The molecule has 6 rings (SSSR count). The van der Waals surface area contributed by atoms with E-state index in [9.17, 15) is 4.79 Å². The van der Waals surface area contributed by atoms with E-state index in [-0.39, 0.29) is 19.1 Å². The van der Waals surface area contributed by atoms with Gasteiger partial charge in [0.25, 0.3) is 0 Å². The standard InChI is InChI=1S/C36H37BN2O5/c1-35(2)36(3,4)44-37(43-35)25(21-24-13-17-27(18-14-24)42-28-19-15-26(38)16-20-28)22-39-34(40)41-23-33-31-11-7-5-9-29(31)30-10-6-8-12-32(30)33/h5-21,33H,22-23,38H2,1-4H3,(H,39,40). The minimum atomic E-state index is -0.639.